The minimum absolute atomic E-state index is 0.166. The van der Waals surface area contributed by atoms with E-state index in [2.05, 4.69) is 14.5 Å². The van der Waals surface area contributed by atoms with Crippen LogP contribution in [0.15, 0.2) is 67.4 Å². The number of rotatable bonds is 4. The number of aromatic nitrogens is 3. The van der Waals surface area contributed by atoms with Gasteiger partial charge in [0.1, 0.15) is 0 Å². The maximum absolute atomic E-state index is 6.34. The Labute approximate surface area is 117 Å². The largest absolute Gasteiger partial charge is 0.328 e. The van der Waals surface area contributed by atoms with E-state index >= 15 is 0 Å². The van der Waals surface area contributed by atoms with Gasteiger partial charge in [-0.15, -0.1) is 0 Å². The lowest BCUT2D eigenvalue weighted by atomic mass is 10.1. The molecular weight excluding hydrogens is 248 g/mol. The Kier molecular flexibility index (Phi) is 3.56. The van der Waals surface area contributed by atoms with Gasteiger partial charge in [-0.2, -0.15) is 0 Å². The van der Waals surface area contributed by atoms with Crippen molar-refractivity contribution in [3.05, 3.63) is 84.2 Å². The maximum atomic E-state index is 6.34. The normalized spacial score (nSPS) is 12.2. The van der Waals surface area contributed by atoms with Crippen LogP contribution in [-0.2, 0) is 6.54 Å². The minimum Gasteiger partial charge on any atom is -0.328 e. The molecule has 0 aliphatic heterocycles. The second-order valence-corrected chi connectivity index (χ2v) is 4.69. The Morgan fingerprint density at radius 3 is 2.50 bits per heavy atom. The number of hydrogen-bond donors (Lipinski definition) is 1. The van der Waals surface area contributed by atoms with Crippen molar-refractivity contribution >= 4 is 0 Å². The van der Waals surface area contributed by atoms with Gasteiger partial charge in [-0.05, 0) is 23.3 Å². The van der Waals surface area contributed by atoms with Crippen molar-refractivity contribution in [3.8, 4) is 0 Å². The highest BCUT2D eigenvalue weighted by Gasteiger charge is 2.13. The van der Waals surface area contributed by atoms with Gasteiger partial charge >= 0.3 is 0 Å². The molecule has 0 aliphatic rings. The molecule has 100 valence electrons. The van der Waals surface area contributed by atoms with Gasteiger partial charge in [0.2, 0.25) is 0 Å². The summed E-state index contributed by atoms with van der Waals surface area (Å²) in [7, 11) is 0. The first kappa shape index (κ1) is 12.6. The number of imidazole rings is 1. The zero-order valence-corrected chi connectivity index (χ0v) is 11.1. The first-order valence-electron chi connectivity index (χ1n) is 6.54. The lowest BCUT2D eigenvalue weighted by molar-refractivity contribution is 0.695. The van der Waals surface area contributed by atoms with Crippen molar-refractivity contribution in [1.29, 1.82) is 0 Å². The highest BCUT2D eigenvalue weighted by molar-refractivity contribution is 5.27. The molecule has 1 atom stereocenters. The van der Waals surface area contributed by atoms with Gasteiger partial charge in [0, 0.05) is 18.9 Å². The summed E-state index contributed by atoms with van der Waals surface area (Å²) in [4.78, 5) is 8.26. The minimum atomic E-state index is -0.166. The molecule has 1 aromatic carbocycles. The van der Waals surface area contributed by atoms with Crippen molar-refractivity contribution in [3.63, 3.8) is 0 Å². The molecule has 0 radical (unpaired) electrons. The molecule has 0 saturated heterocycles. The molecule has 0 bridgehead atoms. The Hall–Kier alpha value is -2.46. The fourth-order valence-corrected chi connectivity index (χ4v) is 2.24. The van der Waals surface area contributed by atoms with Crippen LogP contribution in [0.2, 0.25) is 0 Å². The Morgan fingerprint density at radius 2 is 1.75 bits per heavy atom. The van der Waals surface area contributed by atoms with Gasteiger partial charge in [0.15, 0.2) is 0 Å². The molecule has 4 nitrogen and oxygen atoms in total. The molecule has 2 heterocycles. The molecule has 2 N–H and O–H groups in total. The molecule has 2 aromatic heterocycles. The third-order valence-corrected chi connectivity index (χ3v) is 3.32. The van der Waals surface area contributed by atoms with Crippen LogP contribution in [0.5, 0.6) is 0 Å². The highest BCUT2D eigenvalue weighted by atomic mass is 15.1. The van der Waals surface area contributed by atoms with E-state index in [4.69, 9.17) is 5.73 Å². The smallest absolute Gasteiger partial charge is 0.0951 e. The van der Waals surface area contributed by atoms with E-state index in [0.717, 1.165) is 17.8 Å². The third-order valence-electron chi connectivity index (χ3n) is 3.32. The SMILES string of the molecule is NC(c1ccccc1)c1cncn1Cc1ccncc1. The molecule has 20 heavy (non-hydrogen) atoms. The van der Waals surface area contributed by atoms with Gasteiger partial charge in [-0.25, -0.2) is 4.98 Å². The summed E-state index contributed by atoms with van der Waals surface area (Å²) in [6.07, 6.45) is 7.24. The summed E-state index contributed by atoms with van der Waals surface area (Å²) < 4.78 is 2.08. The summed E-state index contributed by atoms with van der Waals surface area (Å²) in [6.45, 7) is 0.748. The van der Waals surface area contributed by atoms with Gasteiger partial charge in [0.05, 0.1) is 24.3 Å². The van der Waals surface area contributed by atoms with E-state index in [0.29, 0.717) is 0 Å². The standard InChI is InChI=1S/C16H16N4/c17-16(14-4-2-1-3-5-14)15-10-19-12-20(15)11-13-6-8-18-9-7-13/h1-10,12,16H,11,17H2. The van der Waals surface area contributed by atoms with Crippen LogP contribution < -0.4 is 5.73 Å². The summed E-state index contributed by atoms with van der Waals surface area (Å²) in [5, 5.41) is 0. The topological polar surface area (TPSA) is 56.7 Å². The van der Waals surface area contributed by atoms with Crippen molar-refractivity contribution in [2.24, 2.45) is 5.73 Å². The Bertz CT molecular complexity index is 661. The Balaban J connectivity index is 1.87. The summed E-state index contributed by atoms with van der Waals surface area (Å²) in [5.41, 5.74) is 9.62. The van der Waals surface area contributed by atoms with Crippen LogP contribution in [0.3, 0.4) is 0 Å². The van der Waals surface area contributed by atoms with E-state index in [1.807, 2.05) is 55.0 Å². The number of nitrogens with zero attached hydrogens (tertiary/aromatic N) is 3. The highest BCUT2D eigenvalue weighted by Crippen LogP contribution is 2.19. The fourth-order valence-electron chi connectivity index (χ4n) is 2.24. The average molecular weight is 264 g/mol. The van der Waals surface area contributed by atoms with E-state index in [1.54, 1.807) is 12.4 Å². The van der Waals surface area contributed by atoms with Gasteiger partial charge in [-0.3, -0.25) is 4.98 Å². The van der Waals surface area contributed by atoms with Crippen LogP contribution in [0, 0.1) is 0 Å². The molecule has 0 fully saturated rings. The Morgan fingerprint density at radius 1 is 1.00 bits per heavy atom. The molecule has 0 saturated carbocycles. The zero-order valence-electron chi connectivity index (χ0n) is 11.1. The van der Waals surface area contributed by atoms with E-state index in [9.17, 15) is 0 Å². The van der Waals surface area contributed by atoms with Crippen molar-refractivity contribution in [2.75, 3.05) is 0 Å². The molecule has 0 spiro atoms. The molecule has 1 unspecified atom stereocenters. The molecule has 3 rings (SSSR count). The molecule has 4 heteroatoms. The second kappa shape index (κ2) is 5.67. The average Bonchev–Trinajstić information content (AvgIpc) is 2.96. The first-order valence-corrected chi connectivity index (χ1v) is 6.54. The fraction of sp³-hybridized carbons (Fsp3) is 0.125. The predicted octanol–water partition coefficient (Wildman–Crippen LogP) is 2.37. The summed E-state index contributed by atoms with van der Waals surface area (Å²) in [6, 6.07) is 13.9. The summed E-state index contributed by atoms with van der Waals surface area (Å²) >= 11 is 0. The zero-order chi connectivity index (χ0) is 13.8. The number of pyridine rings is 1. The second-order valence-electron chi connectivity index (χ2n) is 4.69. The third kappa shape index (κ3) is 2.60. The summed E-state index contributed by atoms with van der Waals surface area (Å²) in [5.74, 6) is 0. The van der Waals surface area contributed by atoms with Crippen molar-refractivity contribution in [1.82, 2.24) is 14.5 Å². The number of hydrogen-bond acceptors (Lipinski definition) is 3. The van der Waals surface area contributed by atoms with Crippen LogP contribution in [0.4, 0.5) is 0 Å². The molecule has 3 aromatic rings. The number of benzene rings is 1. The van der Waals surface area contributed by atoms with Crippen LogP contribution in [0.1, 0.15) is 22.9 Å². The van der Waals surface area contributed by atoms with Crippen LogP contribution >= 0.6 is 0 Å². The van der Waals surface area contributed by atoms with E-state index in [-0.39, 0.29) is 6.04 Å². The van der Waals surface area contributed by atoms with Crippen LogP contribution in [0.25, 0.3) is 0 Å². The monoisotopic (exact) mass is 264 g/mol. The molecular formula is C16H16N4. The lowest BCUT2D eigenvalue weighted by Gasteiger charge is -2.15. The van der Waals surface area contributed by atoms with E-state index in [1.165, 1.54) is 5.56 Å². The molecule has 0 amide bonds. The van der Waals surface area contributed by atoms with Crippen molar-refractivity contribution < 1.29 is 0 Å². The van der Waals surface area contributed by atoms with Gasteiger partial charge < -0.3 is 10.3 Å². The van der Waals surface area contributed by atoms with Crippen LogP contribution in [-0.4, -0.2) is 14.5 Å². The van der Waals surface area contributed by atoms with Crippen molar-refractivity contribution in [2.45, 2.75) is 12.6 Å². The molecule has 0 aliphatic carbocycles. The first-order chi connectivity index (χ1) is 9.84. The van der Waals surface area contributed by atoms with E-state index < -0.39 is 0 Å². The predicted molar refractivity (Wildman–Crippen MR) is 78.0 cm³/mol. The maximum Gasteiger partial charge on any atom is 0.0951 e. The quantitative estimate of drug-likeness (QED) is 0.787. The van der Waals surface area contributed by atoms with Gasteiger partial charge in [0.25, 0.3) is 0 Å². The van der Waals surface area contributed by atoms with Gasteiger partial charge in [-0.1, -0.05) is 30.3 Å². The lowest BCUT2D eigenvalue weighted by Crippen LogP contribution is -2.16. The number of nitrogens with two attached hydrogens (primary N) is 1.